The van der Waals surface area contributed by atoms with Crippen LogP contribution in [0.1, 0.15) is 28.8 Å². The summed E-state index contributed by atoms with van der Waals surface area (Å²) in [5, 5.41) is 5.99. The number of rotatable bonds is 2. The maximum atomic E-state index is 11.8. The van der Waals surface area contributed by atoms with Crippen molar-refractivity contribution in [3.05, 3.63) is 40.7 Å². The summed E-state index contributed by atoms with van der Waals surface area (Å²) >= 11 is 0. The SMILES string of the molecule is Cc1[c-]c(C(=O)[N-]C2CCC(=O)NC2=O)ccc1.[W+2]. The summed E-state index contributed by atoms with van der Waals surface area (Å²) in [6, 6.07) is 7.26. The molecule has 1 aromatic rings. The minimum atomic E-state index is -0.774. The van der Waals surface area contributed by atoms with E-state index in [1.54, 1.807) is 12.1 Å². The zero-order valence-corrected chi connectivity index (χ0v) is 13.2. The summed E-state index contributed by atoms with van der Waals surface area (Å²) in [4.78, 5) is 34.2. The van der Waals surface area contributed by atoms with Crippen molar-refractivity contribution in [3.8, 4) is 0 Å². The molecule has 0 bridgehead atoms. The van der Waals surface area contributed by atoms with E-state index in [9.17, 15) is 14.4 Å². The van der Waals surface area contributed by atoms with Crippen molar-refractivity contribution < 1.29 is 35.4 Å². The predicted octanol–water partition coefficient (Wildman–Crippen LogP) is 1.11. The zero-order valence-electron chi connectivity index (χ0n) is 10.3. The minimum absolute atomic E-state index is 0. The van der Waals surface area contributed by atoms with Gasteiger partial charge in [0.1, 0.15) is 0 Å². The van der Waals surface area contributed by atoms with Gasteiger partial charge in [-0.05, 0) is 18.4 Å². The van der Waals surface area contributed by atoms with E-state index in [4.69, 9.17) is 0 Å². The Hall–Kier alpha value is -1.48. The van der Waals surface area contributed by atoms with Gasteiger partial charge >= 0.3 is 21.1 Å². The number of piperidine rings is 1. The normalized spacial score (nSPS) is 18.3. The molecule has 0 aliphatic carbocycles. The molecule has 1 N–H and O–H groups in total. The van der Waals surface area contributed by atoms with Crippen LogP contribution in [0.4, 0.5) is 0 Å². The third-order valence-electron chi connectivity index (χ3n) is 2.65. The number of carbonyl (C=O) groups is 3. The van der Waals surface area contributed by atoms with Crippen LogP contribution in [0.2, 0.25) is 0 Å². The van der Waals surface area contributed by atoms with E-state index in [1.165, 1.54) is 0 Å². The number of nitrogens with zero attached hydrogens (tertiary/aromatic N) is 1. The number of amides is 3. The van der Waals surface area contributed by atoms with Crippen molar-refractivity contribution >= 4 is 17.7 Å². The average molecular weight is 428 g/mol. The second-order valence-corrected chi connectivity index (χ2v) is 4.15. The number of aryl methyl sites for hydroxylation is 1. The monoisotopic (exact) mass is 428 g/mol. The molecular formula is C13H12N2O3W. The van der Waals surface area contributed by atoms with E-state index in [0.29, 0.717) is 5.56 Å². The molecule has 1 aliphatic heterocycles. The first-order chi connectivity index (χ1) is 8.56. The molecule has 0 aromatic heterocycles. The van der Waals surface area contributed by atoms with Crippen LogP contribution in [0.25, 0.3) is 5.32 Å². The zero-order chi connectivity index (χ0) is 13.1. The number of imide groups is 1. The molecule has 1 fully saturated rings. The van der Waals surface area contributed by atoms with Crippen LogP contribution in [-0.2, 0) is 30.7 Å². The Bertz CT molecular complexity index is 516. The van der Waals surface area contributed by atoms with Crippen LogP contribution in [0.5, 0.6) is 0 Å². The van der Waals surface area contributed by atoms with Gasteiger partial charge in [-0.1, -0.05) is 6.92 Å². The van der Waals surface area contributed by atoms with Crippen molar-refractivity contribution in [2.75, 3.05) is 0 Å². The number of nitrogens with one attached hydrogen (secondary N) is 1. The molecule has 0 spiro atoms. The smallest absolute Gasteiger partial charge is 0.684 e. The van der Waals surface area contributed by atoms with Crippen molar-refractivity contribution in [2.24, 2.45) is 0 Å². The maximum Gasteiger partial charge on any atom is 2.00 e. The van der Waals surface area contributed by atoms with Crippen molar-refractivity contribution in [1.82, 2.24) is 5.32 Å². The molecule has 1 aromatic carbocycles. The Morgan fingerprint density at radius 2 is 2.16 bits per heavy atom. The first-order valence-corrected chi connectivity index (χ1v) is 5.64. The molecule has 1 aliphatic rings. The third kappa shape index (κ3) is 4.00. The first-order valence-electron chi connectivity index (χ1n) is 5.64. The van der Waals surface area contributed by atoms with Crippen LogP contribution >= 0.6 is 0 Å². The van der Waals surface area contributed by atoms with Crippen LogP contribution in [-0.4, -0.2) is 23.8 Å². The minimum Gasteiger partial charge on any atom is -0.684 e. The van der Waals surface area contributed by atoms with Crippen molar-refractivity contribution in [3.63, 3.8) is 0 Å². The summed E-state index contributed by atoms with van der Waals surface area (Å²) in [5.41, 5.74) is 1.17. The van der Waals surface area contributed by atoms with Crippen LogP contribution in [0.15, 0.2) is 18.2 Å². The number of hydrogen-bond donors (Lipinski definition) is 1. The summed E-state index contributed by atoms with van der Waals surface area (Å²) in [7, 11) is 0. The fraction of sp³-hybridized carbons (Fsp3) is 0.308. The van der Waals surface area contributed by atoms with Crippen molar-refractivity contribution in [2.45, 2.75) is 25.8 Å². The topological polar surface area (TPSA) is 77.3 Å². The van der Waals surface area contributed by atoms with Gasteiger partial charge in [-0.2, -0.15) is 0 Å². The second-order valence-electron chi connectivity index (χ2n) is 4.15. The van der Waals surface area contributed by atoms with Gasteiger partial charge in [0.2, 0.25) is 11.8 Å². The molecule has 1 saturated heterocycles. The average Bonchev–Trinajstić information content (AvgIpc) is 2.32. The van der Waals surface area contributed by atoms with E-state index in [0.717, 1.165) is 5.56 Å². The number of hydrogen-bond acceptors (Lipinski definition) is 3. The predicted molar refractivity (Wildman–Crippen MR) is 63.9 cm³/mol. The van der Waals surface area contributed by atoms with Crippen LogP contribution in [0.3, 0.4) is 0 Å². The Labute approximate surface area is 125 Å². The molecule has 0 radical (unpaired) electrons. The molecule has 3 amide bonds. The Morgan fingerprint density at radius 1 is 1.42 bits per heavy atom. The van der Waals surface area contributed by atoms with Crippen LogP contribution in [0, 0.1) is 13.0 Å². The quantitative estimate of drug-likeness (QED) is 0.567. The fourth-order valence-electron chi connectivity index (χ4n) is 1.73. The molecule has 6 heteroatoms. The van der Waals surface area contributed by atoms with Gasteiger partial charge in [-0.15, -0.1) is 35.4 Å². The Kier molecular flexibility index (Phi) is 5.42. The van der Waals surface area contributed by atoms with Gasteiger partial charge in [0.15, 0.2) is 0 Å². The number of carbonyl (C=O) groups excluding carboxylic acids is 3. The van der Waals surface area contributed by atoms with Gasteiger partial charge in [0, 0.05) is 6.42 Å². The summed E-state index contributed by atoms with van der Waals surface area (Å²) < 4.78 is 0. The van der Waals surface area contributed by atoms with Gasteiger partial charge in [0.25, 0.3) is 0 Å². The Morgan fingerprint density at radius 3 is 2.79 bits per heavy atom. The van der Waals surface area contributed by atoms with Gasteiger partial charge in [-0.25, -0.2) is 0 Å². The van der Waals surface area contributed by atoms with E-state index < -0.39 is 17.9 Å². The van der Waals surface area contributed by atoms with Crippen LogP contribution < -0.4 is 5.32 Å². The summed E-state index contributed by atoms with van der Waals surface area (Å²) in [6.45, 7) is 1.82. The van der Waals surface area contributed by atoms with Gasteiger partial charge < -0.3 is 10.1 Å². The molecular weight excluding hydrogens is 416 g/mol. The van der Waals surface area contributed by atoms with E-state index in [2.05, 4.69) is 16.7 Å². The maximum absolute atomic E-state index is 11.8. The fourth-order valence-corrected chi connectivity index (χ4v) is 1.73. The van der Waals surface area contributed by atoms with E-state index in [-0.39, 0.29) is 39.8 Å². The molecule has 0 saturated carbocycles. The Balaban J connectivity index is 0.00000180. The van der Waals surface area contributed by atoms with E-state index >= 15 is 0 Å². The standard InChI is InChI=1S/C13H13N2O3.W/c1-8-3-2-4-9(7-8)12(17)14-10-5-6-11(16)15-13(10)18;/h2-4,10H,5-6H2,1H3,(H2,14,15,16,17,18);/q-1;+2/p-1. The molecule has 1 atom stereocenters. The molecule has 1 unspecified atom stereocenters. The third-order valence-corrected chi connectivity index (χ3v) is 2.65. The van der Waals surface area contributed by atoms with E-state index in [1.807, 2.05) is 13.0 Å². The first kappa shape index (κ1) is 15.6. The molecule has 1 heterocycles. The molecule has 19 heavy (non-hydrogen) atoms. The van der Waals surface area contributed by atoms with Gasteiger partial charge in [-0.3, -0.25) is 14.9 Å². The molecule has 98 valence electrons. The second kappa shape index (κ2) is 6.62. The summed E-state index contributed by atoms with van der Waals surface area (Å²) in [6.07, 6.45) is 0.493. The molecule has 5 nitrogen and oxygen atoms in total. The molecule has 2 rings (SSSR count). The summed E-state index contributed by atoms with van der Waals surface area (Å²) in [5.74, 6) is -1.30. The van der Waals surface area contributed by atoms with Gasteiger partial charge in [0.05, 0.1) is 0 Å². The largest absolute Gasteiger partial charge is 2.00 e. The van der Waals surface area contributed by atoms with Crippen molar-refractivity contribution in [1.29, 1.82) is 0 Å². The number of benzene rings is 1.